The number of nitrogens with zero attached hydrogens (tertiary/aromatic N) is 1. The number of rotatable bonds is 6. The number of ether oxygens (including phenoxy) is 2. The van der Waals surface area contributed by atoms with Crippen LogP contribution < -0.4 is 15.4 Å². The Balaban J connectivity index is 0.00000363. The standard InChI is InChI=1S/C23H28F3N3O2.HI/c1-27-21(28-15-17-6-8-20(30-2)9-7-17)29-16-22(10-12-31-13-11-22)18-4-3-5-19(14-18)23(24,25)26;/h3-9,14H,10-13,15-16H2,1-2H3,(H2,27,28,29);1H. The molecule has 0 atom stereocenters. The molecule has 0 aromatic heterocycles. The Morgan fingerprint density at radius 2 is 1.78 bits per heavy atom. The average molecular weight is 563 g/mol. The van der Waals surface area contributed by atoms with Gasteiger partial charge >= 0.3 is 6.18 Å². The van der Waals surface area contributed by atoms with Gasteiger partial charge in [0.1, 0.15) is 5.75 Å². The fourth-order valence-corrected chi connectivity index (χ4v) is 3.76. The Kier molecular flexibility index (Phi) is 9.63. The summed E-state index contributed by atoms with van der Waals surface area (Å²) >= 11 is 0. The predicted octanol–water partition coefficient (Wildman–Crippen LogP) is 4.75. The average Bonchev–Trinajstić information content (AvgIpc) is 2.79. The summed E-state index contributed by atoms with van der Waals surface area (Å²) in [6.45, 7) is 2.04. The van der Waals surface area contributed by atoms with E-state index in [1.807, 2.05) is 24.3 Å². The Morgan fingerprint density at radius 3 is 2.38 bits per heavy atom. The minimum atomic E-state index is -4.37. The predicted molar refractivity (Wildman–Crippen MR) is 130 cm³/mol. The molecule has 1 fully saturated rings. The molecule has 0 radical (unpaired) electrons. The maximum atomic E-state index is 13.3. The van der Waals surface area contributed by atoms with Crippen molar-refractivity contribution in [2.24, 2.45) is 4.99 Å². The van der Waals surface area contributed by atoms with Crippen molar-refractivity contribution in [3.05, 3.63) is 65.2 Å². The van der Waals surface area contributed by atoms with Gasteiger partial charge in [-0.15, -0.1) is 24.0 Å². The summed E-state index contributed by atoms with van der Waals surface area (Å²) in [7, 11) is 3.29. The van der Waals surface area contributed by atoms with Crippen LogP contribution in [-0.4, -0.2) is 39.9 Å². The summed E-state index contributed by atoms with van der Waals surface area (Å²) in [6.07, 6.45) is -3.10. The fraction of sp³-hybridized carbons (Fsp3) is 0.435. The van der Waals surface area contributed by atoms with Gasteiger partial charge in [-0.2, -0.15) is 13.2 Å². The maximum absolute atomic E-state index is 13.3. The van der Waals surface area contributed by atoms with Crippen molar-refractivity contribution < 1.29 is 22.6 Å². The smallest absolute Gasteiger partial charge is 0.416 e. The van der Waals surface area contributed by atoms with Gasteiger partial charge in [0.2, 0.25) is 0 Å². The van der Waals surface area contributed by atoms with Crippen LogP contribution in [0.5, 0.6) is 5.75 Å². The molecule has 32 heavy (non-hydrogen) atoms. The van der Waals surface area contributed by atoms with Crippen LogP contribution in [0.25, 0.3) is 0 Å². The van der Waals surface area contributed by atoms with Gasteiger partial charge in [0.25, 0.3) is 0 Å². The molecule has 2 N–H and O–H groups in total. The van der Waals surface area contributed by atoms with Gasteiger partial charge in [-0.25, -0.2) is 0 Å². The second-order valence-electron chi connectivity index (χ2n) is 7.60. The lowest BCUT2D eigenvalue weighted by Crippen LogP contribution is -2.48. The quantitative estimate of drug-likeness (QED) is 0.303. The van der Waals surface area contributed by atoms with E-state index in [-0.39, 0.29) is 24.0 Å². The van der Waals surface area contributed by atoms with E-state index in [0.717, 1.165) is 17.4 Å². The van der Waals surface area contributed by atoms with E-state index in [0.29, 0.717) is 50.7 Å². The van der Waals surface area contributed by atoms with Crippen molar-refractivity contribution in [3.8, 4) is 5.75 Å². The summed E-state index contributed by atoms with van der Waals surface area (Å²) in [5, 5.41) is 6.56. The molecule has 2 aromatic rings. The molecule has 176 valence electrons. The minimum absolute atomic E-state index is 0. The summed E-state index contributed by atoms with van der Waals surface area (Å²) < 4.78 is 50.4. The van der Waals surface area contributed by atoms with Gasteiger partial charge in [-0.3, -0.25) is 4.99 Å². The molecule has 3 rings (SSSR count). The second kappa shape index (κ2) is 11.7. The molecule has 0 spiro atoms. The van der Waals surface area contributed by atoms with E-state index >= 15 is 0 Å². The molecule has 5 nitrogen and oxygen atoms in total. The van der Waals surface area contributed by atoms with E-state index in [1.54, 1.807) is 20.2 Å². The lowest BCUT2D eigenvalue weighted by molar-refractivity contribution is -0.137. The van der Waals surface area contributed by atoms with Gasteiger partial charge in [0.15, 0.2) is 5.96 Å². The number of benzene rings is 2. The summed E-state index contributed by atoms with van der Waals surface area (Å²) in [5.41, 5.74) is 0.640. The number of hydrogen-bond acceptors (Lipinski definition) is 3. The number of methoxy groups -OCH3 is 1. The van der Waals surface area contributed by atoms with Gasteiger partial charge in [-0.1, -0.05) is 30.3 Å². The zero-order valence-electron chi connectivity index (χ0n) is 18.2. The molecule has 0 unspecified atom stereocenters. The molecular formula is C23H29F3IN3O2. The number of halogens is 4. The van der Waals surface area contributed by atoms with Crippen molar-refractivity contribution in [1.82, 2.24) is 10.6 Å². The highest BCUT2D eigenvalue weighted by Crippen LogP contribution is 2.37. The lowest BCUT2D eigenvalue weighted by atomic mass is 9.73. The molecule has 1 aliphatic rings. The van der Waals surface area contributed by atoms with E-state index in [4.69, 9.17) is 9.47 Å². The first kappa shape index (κ1) is 26.2. The first-order chi connectivity index (χ1) is 14.9. The zero-order chi connectivity index (χ0) is 22.3. The Hall–Kier alpha value is -2.01. The number of nitrogens with one attached hydrogen (secondary N) is 2. The first-order valence-corrected chi connectivity index (χ1v) is 10.2. The highest BCUT2D eigenvalue weighted by atomic mass is 127. The van der Waals surface area contributed by atoms with Crippen molar-refractivity contribution >= 4 is 29.9 Å². The van der Waals surface area contributed by atoms with Crippen LogP contribution in [-0.2, 0) is 22.9 Å². The molecule has 0 amide bonds. The summed E-state index contributed by atoms with van der Waals surface area (Å²) in [6, 6.07) is 13.3. The van der Waals surface area contributed by atoms with Crippen molar-refractivity contribution in [1.29, 1.82) is 0 Å². The zero-order valence-corrected chi connectivity index (χ0v) is 20.5. The van der Waals surface area contributed by atoms with Crippen LogP contribution in [0.4, 0.5) is 13.2 Å². The number of guanidine groups is 1. The highest BCUT2D eigenvalue weighted by Gasteiger charge is 2.37. The van der Waals surface area contributed by atoms with E-state index in [2.05, 4.69) is 15.6 Å². The number of alkyl halides is 3. The Bertz CT molecular complexity index is 883. The van der Waals surface area contributed by atoms with Crippen molar-refractivity contribution in [2.45, 2.75) is 31.0 Å². The largest absolute Gasteiger partial charge is 0.497 e. The van der Waals surface area contributed by atoms with Gasteiger partial charge in [0.05, 0.1) is 12.7 Å². The molecule has 1 aliphatic heterocycles. The van der Waals surface area contributed by atoms with Crippen LogP contribution in [0.2, 0.25) is 0 Å². The normalized spacial score (nSPS) is 16.1. The number of aliphatic imine (C=N–C) groups is 1. The molecule has 1 heterocycles. The maximum Gasteiger partial charge on any atom is 0.416 e. The van der Waals surface area contributed by atoms with Crippen LogP contribution in [0, 0.1) is 0 Å². The van der Waals surface area contributed by atoms with Crippen LogP contribution in [0.1, 0.15) is 29.5 Å². The first-order valence-electron chi connectivity index (χ1n) is 10.2. The molecule has 0 bridgehead atoms. The van der Waals surface area contributed by atoms with Gasteiger partial charge in [0, 0.05) is 38.8 Å². The lowest BCUT2D eigenvalue weighted by Gasteiger charge is -2.38. The summed E-state index contributed by atoms with van der Waals surface area (Å²) in [5.74, 6) is 1.38. The molecular weight excluding hydrogens is 534 g/mol. The highest BCUT2D eigenvalue weighted by molar-refractivity contribution is 14.0. The fourth-order valence-electron chi connectivity index (χ4n) is 3.76. The molecule has 0 aliphatic carbocycles. The minimum Gasteiger partial charge on any atom is -0.497 e. The SMILES string of the molecule is CN=C(NCc1ccc(OC)cc1)NCC1(c2cccc(C(F)(F)F)c2)CCOCC1.I. The molecule has 9 heteroatoms. The van der Waals surface area contributed by atoms with E-state index in [9.17, 15) is 13.2 Å². The monoisotopic (exact) mass is 563 g/mol. The van der Waals surface area contributed by atoms with Crippen molar-refractivity contribution in [3.63, 3.8) is 0 Å². The third-order valence-corrected chi connectivity index (χ3v) is 5.69. The summed E-state index contributed by atoms with van der Waals surface area (Å²) in [4.78, 5) is 4.26. The third kappa shape index (κ3) is 6.74. The van der Waals surface area contributed by atoms with E-state index < -0.39 is 17.2 Å². The molecule has 0 saturated carbocycles. The van der Waals surface area contributed by atoms with Crippen LogP contribution in [0.3, 0.4) is 0 Å². The van der Waals surface area contributed by atoms with Crippen molar-refractivity contribution in [2.75, 3.05) is 33.9 Å². The molecule has 2 aromatic carbocycles. The van der Waals surface area contributed by atoms with Gasteiger partial charge in [-0.05, 0) is 42.2 Å². The number of hydrogen-bond donors (Lipinski definition) is 2. The second-order valence-corrected chi connectivity index (χ2v) is 7.60. The Morgan fingerprint density at radius 1 is 1.09 bits per heavy atom. The molecule has 1 saturated heterocycles. The topological polar surface area (TPSA) is 54.9 Å². The van der Waals surface area contributed by atoms with E-state index in [1.165, 1.54) is 12.1 Å². The van der Waals surface area contributed by atoms with Crippen LogP contribution in [0.15, 0.2) is 53.5 Å². The van der Waals surface area contributed by atoms with Crippen LogP contribution >= 0.6 is 24.0 Å². The Labute approximate surface area is 203 Å². The van der Waals surface area contributed by atoms with Gasteiger partial charge < -0.3 is 20.1 Å². The third-order valence-electron chi connectivity index (χ3n) is 5.69.